The Bertz CT molecular complexity index is 793. The fourth-order valence-electron chi connectivity index (χ4n) is 2.12. The molecule has 20 heavy (non-hydrogen) atoms. The molecule has 2 heterocycles. The fraction of sp³-hybridized carbons (Fsp3) is 0.250. The first kappa shape index (κ1) is 13.1. The van der Waals surface area contributed by atoms with Gasteiger partial charge in [-0.15, -0.1) is 11.3 Å². The van der Waals surface area contributed by atoms with Crippen LogP contribution in [0, 0.1) is 27.7 Å². The standard InChI is InChI=1S/C16H16N2OS/c1-9-5-6-13(7-10(9)2)19-15-14-11(3)12(4)20-16(14)18-8-17-15/h5-8H,1-4H3. The molecule has 0 saturated carbocycles. The van der Waals surface area contributed by atoms with Crippen LogP contribution < -0.4 is 4.74 Å². The van der Waals surface area contributed by atoms with Crippen LogP contribution in [0.15, 0.2) is 24.5 Å². The molecule has 0 aliphatic heterocycles. The predicted molar refractivity (Wildman–Crippen MR) is 82.9 cm³/mol. The van der Waals surface area contributed by atoms with Crippen LogP contribution in [0.2, 0.25) is 0 Å². The third-order valence-corrected chi connectivity index (χ3v) is 4.74. The smallest absolute Gasteiger partial charge is 0.231 e. The van der Waals surface area contributed by atoms with Crippen LogP contribution in [-0.2, 0) is 0 Å². The van der Waals surface area contributed by atoms with Gasteiger partial charge in [-0.25, -0.2) is 9.97 Å². The number of benzene rings is 1. The number of thiophene rings is 1. The SMILES string of the molecule is Cc1ccc(Oc2ncnc3sc(C)c(C)c23)cc1C. The minimum absolute atomic E-state index is 0.639. The Hall–Kier alpha value is -1.94. The number of fused-ring (bicyclic) bond motifs is 1. The minimum Gasteiger partial charge on any atom is -0.438 e. The van der Waals surface area contributed by atoms with Crippen molar-refractivity contribution in [1.29, 1.82) is 0 Å². The van der Waals surface area contributed by atoms with Crippen molar-refractivity contribution in [2.24, 2.45) is 0 Å². The van der Waals surface area contributed by atoms with Gasteiger partial charge >= 0.3 is 0 Å². The van der Waals surface area contributed by atoms with Gasteiger partial charge in [0.15, 0.2) is 0 Å². The highest BCUT2D eigenvalue weighted by atomic mass is 32.1. The Morgan fingerprint density at radius 3 is 2.55 bits per heavy atom. The molecule has 1 aromatic carbocycles. The lowest BCUT2D eigenvalue weighted by Crippen LogP contribution is -1.91. The van der Waals surface area contributed by atoms with Gasteiger partial charge in [-0.1, -0.05) is 6.07 Å². The lowest BCUT2D eigenvalue weighted by atomic mass is 10.1. The van der Waals surface area contributed by atoms with Gasteiger partial charge in [-0.3, -0.25) is 0 Å². The predicted octanol–water partition coefficient (Wildman–Crippen LogP) is 4.72. The number of aryl methyl sites for hydroxylation is 4. The van der Waals surface area contributed by atoms with Gasteiger partial charge in [-0.05, 0) is 56.5 Å². The van der Waals surface area contributed by atoms with Gasteiger partial charge in [0.1, 0.15) is 16.9 Å². The molecule has 0 atom stereocenters. The van der Waals surface area contributed by atoms with E-state index in [1.807, 2.05) is 12.1 Å². The van der Waals surface area contributed by atoms with Gasteiger partial charge in [-0.2, -0.15) is 0 Å². The van der Waals surface area contributed by atoms with E-state index >= 15 is 0 Å². The lowest BCUT2D eigenvalue weighted by molar-refractivity contribution is 0.467. The van der Waals surface area contributed by atoms with Crippen LogP contribution in [0.25, 0.3) is 10.2 Å². The molecule has 102 valence electrons. The van der Waals surface area contributed by atoms with Gasteiger partial charge in [0.05, 0.1) is 5.39 Å². The van der Waals surface area contributed by atoms with Crippen LogP contribution in [0.3, 0.4) is 0 Å². The minimum atomic E-state index is 0.639. The van der Waals surface area contributed by atoms with E-state index in [1.165, 1.54) is 21.6 Å². The van der Waals surface area contributed by atoms with E-state index in [0.717, 1.165) is 16.0 Å². The van der Waals surface area contributed by atoms with Crippen molar-refractivity contribution in [3.05, 3.63) is 46.1 Å². The van der Waals surface area contributed by atoms with Crippen LogP contribution in [0.5, 0.6) is 11.6 Å². The molecule has 0 N–H and O–H groups in total. The molecule has 3 aromatic rings. The van der Waals surface area contributed by atoms with E-state index in [9.17, 15) is 0 Å². The summed E-state index contributed by atoms with van der Waals surface area (Å²) in [6, 6.07) is 6.08. The average molecular weight is 284 g/mol. The quantitative estimate of drug-likeness (QED) is 0.683. The Labute approximate surface area is 122 Å². The summed E-state index contributed by atoms with van der Waals surface area (Å²) in [5.74, 6) is 1.46. The molecule has 0 radical (unpaired) electrons. The zero-order chi connectivity index (χ0) is 14.3. The Morgan fingerprint density at radius 1 is 1.00 bits per heavy atom. The van der Waals surface area contributed by atoms with E-state index in [-0.39, 0.29) is 0 Å². The van der Waals surface area contributed by atoms with E-state index in [2.05, 4.69) is 43.7 Å². The molecule has 0 bridgehead atoms. The zero-order valence-corrected chi connectivity index (χ0v) is 12.8. The number of rotatable bonds is 2. The molecular weight excluding hydrogens is 268 g/mol. The van der Waals surface area contributed by atoms with Crippen LogP contribution in [-0.4, -0.2) is 9.97 Å². The van der Waals surface area contributed by atoms with Crippen molar-refractivity contribution in [2.45, 2.75) is 27.7 Å². The van der Waals surface area contributed by atoms with Crippen molar-refractivity contribution in [3.63, 3.8) is 0 Å². The number of hydrogen-bond acceptors (Lipinski definition) is 4. The second kappa shape index (κ2) is 4.87. The van der Waals surface area contributed by atoms with Crippen LogP contribution in [0.4, 0.5) is 0 Å². The maximum Gasteiger partial charge on any atom is 0.231 e. The van der Waals surface area contributed by atoms with Gasteiger partial charge < -0.3 is 4.74 Å². The third kappa shape index (κ3) is 2.16. The Morgan fingerprint density at radius 2 is 1.80 bits per heavy atom. The summed E-state index contributed by atoms with van der Waals surface area (Å²) < 4.78 is 5.98. The topological polar surface area (TPSA) is 35.0 Å². The van der Waals surface area contributed by atoms with Gasteiger partial charge in [0.2, 0.25) is 5.88 Å². The van der Waals surface area contributed by atoms with Crippen molar-refractivity contribution >= 4 is 21.6 Å². The highest BCUT2D eigenvalue weighted by molar-refractivity contribution is 7.18. The number of nitrogens with zero attached hydrogens (tertiary/aromatic N) is 2. The molecule has 0 fully saturated rings. The first-order chi connectivity index (χ1) is 9.56. The van der Waals surface area contributed by atoms with E-state index in [0.29, 0.717) is 5.88 Å². The summed E-state index contributed by atoms with van der Waals surface area (Å²) in [7, 11) is 0. The molecule has 0 saturated heterocycles. The van der Waals surface area contributed by atoms with Crippen LogP contribution in [0.1, 0.15) is 21.6 Å². The van der Waals surface area contributed by atoms with E-state index in [1.54, 1.807) is 17.7 Å². The molecule has 0 aliphatic carbocycles. The van der Waals surface area contributed by atoms with Crippen molar-refractivity contribution in [1.82, 2.24) is 9.97 Å². The maximum atomic E-state index is 5.98. The normalized spacial score (nSPS) is 11.0. The number of aromatic nitrogens is 2. The highest BCUT2D eigenvalue weighted by Crippen LogP contribution is 2.35. The molecular formula is C16H16N2OS. The summed E-state index contributed by atoms with van der Waals surface area (Å²) in [4.78, 5) is 10.9. The largest absolute Gasteiger partial charge is 0.438 e. The number of ether oxygens (including phenoxy) is 1. The van der Waals surface area contributed by atoms with Crippen molar-refractivity contribution in [3.8, 4) is 11.6 Å². The summed E-state index contributed by atoms with van der Waals surface area (Å²) in [6.45, 7) is 8.36. The Kier molecular flexibility index (Phi) is 3.18. The molecule has 0 spiro atoms. The maximum absolute atomic E-state index is 5.98. The van der Waals surface area contributed by atoms with Gasteiger partial charge in [0, 0.05) is 4.88 Å². The summed E-state index contributed by atoms with van der Waals surface area (Å²) in [5, 5.41) is 1.02. The average Bonchev–Trinajstić information content (AvgIpc) is 2.71. The summed E-state index contributed by atoms with van der Waals surface area (Å²) >= 11 is 1.68. The molecule has 2 aromatic heterocycles. The van der Waals surface area contributed by atoms with Gasteiger partial charge in [0.25, 0.3) is 0 Å². The first-order valence-electron chi connectivity index (χ1n) is 6.52. The second-order valence-electron chi connectivity index (χ2n) is 4.99. The number of hydrogen-bond donors (Lipinski definition) is 0. The Balaban J connectivity index is 2.08. The second-order valence-corrected chi connectivity index (χ2v) is 6.19. The monoisotopic (exact) mass is 284 g/mol. The first-order valence-corrected chi connectivity index (χ1v) is 7.33. The summed E-state index contributed by atoms with van der Waals surface area (Å²) in [5.41, 5.74) is 3.67. The molecule has 3 nitrogen and oxygen atoms in total. The van der Waals surface area contributed by atoms with E-state index in [4.69, 9.17) is 4.74 Å². The molecule has 4 heteroatoms. The van der Waals surface area contributed by atoms with Crippen molar-refractivity contribution < 1.29 is 4.74 Å². The van der Waals surface area contributed by atoms with E-state index < -0.39 is 0 Å². The lowest BCUT2D eigenvalue weighted by Gasteiger charge is -2.08. The molecule has 0 amide bonds. The van der Waals surface area contributed by atoms with Crippen LogP contribution >= 0.6 is 11.3 Å². The fourth-order valence-corrected chi connectivity index (χ4v) is 3.10. The van der Waals surface area contributed by atoms with Crippen molar-refractivity contribution in [2.75, 3.05) is 0 Å². The molecule has 0 unspecified atom stereocenters. The third-order valence-electron chi connectivity index (χ3n) is 3.62. The molecule has 0 aliphatic rings. The highest BCUT2D eigenvalue weighted by Gasteiger charge is 2.13. The molecule has 3 rings (SSSR count). The summed E-state index contributed by atoms with van der Waals surface area (Å²) in [6.07, 6.45) is 1.56. The zero-order valence-electron chi connectivity index (χ0n) is 12.0.